The van der Waals surface area contributed by atoms with Gasteiger partial charge in [-0.05, 0) is 38.3 Å². The van der Waals surface area contributed by atoms with Crippen molar-refractivity contribution in [3.63, 3.8) is 0 Å². The maximum Gasteiger partial charge on any atom is 0.231 e. The van der Waals surface area contributed by atoms with Crippen LogP contribution in [-0.4, -0.2) is 33.6 Å². The quantitative estimate of drug-likeness (QED) is 0.899. The summed E-state index contributed by atoms with van der Waals surface area (Å²) < 4.78 is 0. The molecular formula is C11H15ClN6. The van der Waals surface area contributed by atoms with E-state index in [0.29, 0.717) is 11.9 Å². The van der Waals surface area contributed by atoms with Crippen molar-refractivity contribution >= 4 is 23.5 Å². The van der Waals surface area contributed by atoms with Gasteiger partial charge in [0.05, 0.1) is 6.07 Å². The Bertz CT molecular complexity index is 475. The molecule has 7 heteroatoms. The fraction of sp³-hybridized carbons (Fsp3) is 0.636. The Morgan fingerprint density at radius 1 is 1.28 bits per heavy atom. The number of hydrogen-bond donors (Lipinski definition) is 1. The van der Waals surface area contributed by atoms with Crippen molar-refractivity contribution in [1.82, 2.24) is 15.0 Å². The number of anilines is 2. The van der Waals surface area contributed by atoms with Crippen LogP contribution >= 0.6 is 11.6 Å². The van der Waals surface area contributed by atoms with Crippen LogP contribution in [-0.2, 0) is 0 Å². The second-order valence-electron chi connectivity index (χ2n) is 4.78. The van der Waals surface area contributed by atoms with E-state index in [2.05, 4.69) is 31.2 Å². The number of nitrogens with one attached hydrogen (secondary N) is 1. The van der Waals surface area contributed by atoms with Gasteiger partial charge in [-0.15, -0.1) is 0 Å². The molecular weight excluding hydrogens is 252 g/mol. The van der Waals surface area contributed by atoms with Crippen LogP contribution in [0, 0.1) is 11.3 Å². The van der Waals surface area contributed by atoms with E-state index in [4.69, 9.17) is 16.9 Å². The summed E-state index contributed by atoms with van der Waals surface area (Å²) in [6.45, 7) is 5.36. The van der Waals surface area contributed by atoms with Gasteiger partial charge in [0.25, 0.3) is 0 Å². The summed E-state index contributed by atoms with van der Waals surface area (Å²) in [7, 11) is 0. The Morgan fingerprint density at radius 2 is 1.94 bits per heavy atom. The molecule has 18 heavy (non-hydrogen) atoms. The van der Waals surface area contributed by atoms with E-state index in [1.54, 1.807) is 13.8 Å². The van der Waals surface area contributed by atoms with Crippen LogP contribution in [0.15, 0.2) is 0 Å². The van der Waals surface area contributed by atoms with Gasteiger partial charge in [0.1, 0.15) is 5.54 Å². The number of nitriles is 1. The van der Waals surface area contributed by atoms with E-state index in [1.807, 2.05) is 0 Å². The van der Waals surface area contributed by atoms with E-state index < -0.39 is 5.54 Å². The molecule has 1 aromatic heterocycles. The number of aromatic nitrogens is 3. The third-order valence-electron chi connectivity index (χ3n) is 2.69. The summed E-state index contributed by atoms with van der Waals surface area (Å²) >= 11 is 5.89. The third-order valence-corrected chi connectivity index (χ3v) is 2.86. The molecule has 0 saturated carbocycles. The van der Waals surface area contributed by atoms with E-state index in [0.717, 1.165) is 25.9 Å². The van der Waals surface area contributed by atoms with E-state index in [1.165, 1.54) is 0 Å². The van der Waals surface area contributed by atoms with Crippen LogP contribution < -0.4 is 10.2 Å². The highest BCUT2D eigenvalue weighted by Gasteiger charge is 2.21. The molecule has 0 atom stereocenters. The van der Waals surface area contributed by atoms with Crippen LogP contribution in [0.5, 0.6) is 0 Å². The second kappa shape index (κ2) is 4.94. The smallest absolute Gasteiger partial charge is 0.231 e. The molecule has 0 aromatic carbocycles. The zero-order chi connectivity index (χ0) is 13.2. The Morgan fingerprint density at radius 3 is 2.56 bits per heavy atom. The summed E-state index contributed by atoms with van der Waals surface area (Å²) in [5, 5.41) is 12.1. The van der Waals surface area contributed by atoms with E-state index in [9.17, 15) is 0 Å². The number of rotatable bonds is 3. The Balaban J connectivity index is 2.24. The van der Waals surface area contributed by atoms with Gasteiger partial charge in [0.2, 0.25) is 17.2 Å². The lowest BCUT2D eigenvalue weighted by Crippen LogP contribution is -2.30. The first kappa shape index (κ1) is 12.8. The minimum Gasteiger partial charge on any atom is -0.341 e. The summed E-state index contributed by atoms with van der Waals surface area (Å²) in [6, 6.07) is 2.13. The molecule has 0 bridgehead atoms. The third kappa shape index (κ3) is 2.99. The standard InChI is InChI=1S/C11H15ClN6/c1-11(2,7-13)17-9-14-8(12)15-10(16-9)18-5-3-4-6-18/h3-6H2,1-2H3,(H,14,15,16,17). The zero-order valence-corrected chi connectivity index (χ0v) is 11.2. The van der Waals surface area contributed by atoms with Gasteiger partial charge in [-0.2, -0.15) is 20.2 Å². The minimum atomic E-state index is -0.743. The molecule has 2 heterocycles. The van der Waals surface area contributed by atoms with Crippen LogP contribution in [0.4, 0.5) is 11.9 Å². The van der Waals surface area contributed by atoms with E-state index in [-0.39, 0.29) is 5.28 Å². The first-order valence-electron chi connectivity index (χ1n) is 5.86. The molecule has 96 valence electrons. The maximum absolute atomic E-state index is 8.98. The molecule has 1 saturated heterocycles. The van der Waals surface area contributed by atoms with Gasteiger partial charge in [0.15, 0.2) is 0 Å². The monoisotopic (exact) mass is 266 g/mol. The molecule has 1 fully saturated rings. The van der Waals surface area contributed by atoms with Crippen molar-refractivity contribution < 1.29 is 0 Å². The Hall–Kier alpha value is -1.61. The van der Waals surface area contributed by atoms with Gasteiger partial charge in [-0.3, -0.25) is 0 Å². The summed E-state index contributed by atoms with van der Waals surface area (Å²) in [5.74, 6) is 0.909. The first-order valence-corrected chi connectivity index (χ1v) is 6.24. The topological polar surface area (TPSA) is 77.7 Å². The lowest BCUT2D eigenvalue weighted by molar-refractivity contribution is 0.713. The molecule has 0 unspecified atom stereocenters. The van der Waals surface area contributed by atoms with Crippen molar-refractivity contribution in [3.05, 3.63) is 5.28 Å². The highest BCUT2D eigenvalue weighted by atomic mass is 35.5. The number of halogens is 1. The van der Waals surface area contributed by atoms with Crippen molar-refractivity contribution in [2.24, 2.45) is 0 Å². The van der Waals surface area contributed by atoms with Crippen LogP contribution in [0.1, 0.15) is 26.7 Å². The van der Waals surface area contributed by atoms with Crippen molar-refractivity contribution in [2.75, 3.05) is 23.3 Å². The highest BCUT2D eigenvalue weighted by Crippen LogP contribution is 2.20. The summed E-state index contributed by atoms with van der Waals surface area (Å²) in [4.78, 5) is 14.5. The Kier molecular flexibility index (Phi) is 3.53. The average Bonchev–Trinajstić information content (AvgIpc) is 2.81. The molecule has 1 N–H and O–H groups in total. The van der Waals surface area contributed by atoms with E-state index >= 15 is 0 Å². The largest absolute Gasteiger partial charge is 0.341 e. The summed E-state index contributed by atoms with van der Waals surface area (Å²) in [5.41, 5.74) is -0.743. The van der Waals surface area contributed by atoms with Crippen molar-refractivity contribution in [1.29, 1.82) is 5.26 Å². The lowest BCUT2D eigenvalue weighted by atomic mass is 10.1. The van der Waals surface area contributed by atoms with Crippen LogP contribution in [0.2, 0.25) is 5.28 Å². The fourth-order valence-electron chi connectivity index (χ4n) is 1.76. The fourth-order valence-corrected chi connectivity index (χ4v) is 1.92. The molecule has 1 aromatic rings. The molecule has 0 radical (unpaired) electrons. The molecule has 1 aliphatic rings. The number of hydrogen-bond acceptors (Lipinski definition) is 6. The predicted molar refractivity (Wildman–Crippen MR) is 69.6 cm³/mol. The zero-order valence-electron chi connectivity index (χ0n) is 10.4. The molecule has 6 nitrogen and oxygen atoms in total. The van der Waals surface area contributed by atoms with Gasteiger partial charge in [-0.1, -0.05) is 0 Å². The molecule has 1 aliphatic heterocycles. The lowest BCUT2D eigenvalue weighted by Gasteiger charge is -2.19. The normalized spacial score (nSPS) is 15.6. The molecule has 0 aliphatic carbocycles. The van der Waals surface area contributed by atoms with Gasteiger partial charge >= 0.3 is 0 Å². The maximum atomic E-state index is 8.98. The Labute approximate surface area is 111 Å². The number of nitrogens with zero attached hydrogens (tertiary/aromatic N) is 5. The average molecular weight is 267 g/mol. The van der Waals surface area contributed by atoms with Crippen molar-refractivity contribution in [3.8, 4) is 6.07 Å². The summed E-state index contributed by atoms with van der Waals surface area (Å²) in [6.07, 6.45) is 2.27. The molecule has 0 spiro atoms. The molecule has 0 amide bonds. The first-order chi connectivity index (χ1) is 8.50. The SMILES string of the molecule is CC(C)(C#N)Nc1nc(Cl)nc(N2CCCC2)n1. The minimum absolute atomic E-state index is 0.142. The molecule has 2 rings (SSSR count). The van der Waals surface area contributed by atoms with Gasteiger partial charge in [0, 0.05) is 13.1 Å². The van der Waals surface area contributed by atoms with Gasteiger partial charge in [-0.25, -0.2) is 0 Å². The predicted octanol–water partition coefficient (Wildman–Crippen LogP) is 1.84. The highest BCUT2D eigenvalue weighted by molar-refractivity contribution is 6.28. The van der Waals surface area contributed by atoms with Crippen molar-refractivity contribution in [2.45, 2.75) is 32.2 Å². The van der Waals surface area contributed by atoms with Crippen LogP contribution in [0.3, 0.4) is 0 Å². The second-order valence-corrected chi connectivity index (χ2v) is 5.12. The van der Waals surface area contributed by atoms with Gasteiger partial charge < -0.3 is 10.2 Å². The van der Waals surface area contributed by atoms with Crippen LogP contribution in [0.25, 0.3) is 0 Å².